The molecule has 0 aromatic heterocycles. The highest BCUT2D eigenvalue weighted by molar-refractivity contribution is 6.09. The molecule has 1 saturated heterocycles. The number of amides is 1. The second-order valence-electron chi connectivity index (χ2n) is 7.05. The monoisotopic (exact) mass is 406 g/mol. The van der Waals surface area contributed by atoms with Crippen LogP contribution in [0.4, 0.5) is 5.69 Å². The number of carbonyl (C=O) groups excluding carboxylic acids is 2. The topological polar surface area (TPSA) is 58.2 Å². The van der Waals surface area contributed by atoms with E-state index in [1.165, 1.54) is 5.56 Å². The molecule has 3 aromatic rings. The molecule has 4 nitrogen and oxygen atoms in total. The third kappa shape index (κ3) is 4.73. The number of hydrogen-bond acceptors (Lipinski definition) is 3. The van der Waals surface area contributed by atoms with Gasteiger partial charge in [0, 0.05) is 35.8 Å². The molecule has 1 heterocycles. The van der Waals surface area contributed by atoms with Crippen molar-refractivity contribution >= 4 is 29.8 Å². The zero-order valence-corrected chi connectivity index (χ0v) is 16.7. The first-order valence-electron chi connectivity index (χ1n) is 9.49. The zero-order chi connectivity index (χ0) is 19.3. The van der Waals surface area contributed by atoms with Gasteiger partial charge in [-0.15, -0.1) is 12.4 Å². The van der Waals surface area contributed by atoms with E-state index in [0.717, 1.165) is 6.54 Å². The van der Waals surface area contributed by atoms with Crippen molar-refractivity contribution in [3.8, 4) is 0 Å². The van der Waals surface area contributed by atoms with Gasteiger partial charge in [-0.3, -0.25) is 9.59 Å². The number of ketones is 1. The predicted molar refractivity (Wildman–Crippen MR) is 118 cm³/mol. The number of nitrogens with one attached hydrogen (secondary N) is 2. The Bertz CT molecular complexity index is 976. The van der Waals surface area contributed by atoms with Crippen molar-refractivity contribution in [2.24, 2.45) is 5.92 Å². The van der Waals surface area contributed by atoms with Crippen molar-refractivity contribution in [1.82, 2.24) is 5.32 Å². The summed E-state index contributed by atoms with van der Waals surface area (Å²) in [5.41, 5.74) is 3.01. The minimum atomic E-state index is -0.143. The van der Waals surface area contributed by atoms with Crippen molar-refractivity contribution < 1.29 is 9.59 Å². The Balaban J connectivity index is 0.00000240. The summed E-state index contributed by atoms with van der Waals surface area (Å²) >= 11 is 0. The largest absolute Gasteiger partial charge is 0.326 e. The van der Waals surface area contributed by atoms with Gasteiger partial charge in [0.15, 0.2) is 5.78 Å². The van der Waals surface area contributed by atoms with Crippen molar-refractivity contribution in [3.63, 3.8) is 0 Å². The van der Waals surface area contributed by atoms with Crippen LogP contribution in [0.1, 0.15) is 27.4 Å². The Labute approximate surface area is 176 Å². The van der Waals surface area contributed by atoms with Crippen LogP contribution in [-0.4, -0.2) is 24.8 Å². The fraction of sp³-hybridized carbons (Fsp3) is 0.167. The average molecular weight is 407 g/mol. The molecule has 148 valence electrons. The molecule has 29 heavy (non-hydrogen) atoms. The van der Waals surface area contributed by atoms with Crippen LogP contribution in [-0.2, 0) is 4.79 Å². The minimum absolute atomic E-state index is 0. The zero-order valence-electron chi connectivity index (χ0n) is 15.9. The van der Waals surface area contributed by atoms with Crippen LogP contribution in [0.15, 0.2) is 84.9 Å². The average Bonchev–Trinajstić information content (AvgIpc) is 3.25. The van der Waals surface area contributed by atoms with E-state index in [2.05, 4.69) is 22.8 Å². The number of halogens is 1. The number of carbonyl (C=O) groups is 2. The molecule has 1 fully saturated rings. The Morgan fingerprint density at radius 1 is 0.793 bits per heavy atom. The summed E-state index contributed by atoms with van der Waals surface area (Å²) in [4.78, 5) is 25.6. The third-order valence-corrected chi connectivity index (χ3v) is 5.21. The van der Waals surface area contributed by atoms with Crippen molar-refractivity contribution in [3.05, 3.63) is 102 Å². The Hall–Kier alpha value is -2.95. The van der Waals surface area contributed by atoms with Crippen LogP contribution in [0.3, 0.4) is 0 Å². The van der Waals surface area contributed by atoms with E-state index in [1.807, 2.05) is 42.5 Å². The molecule has 2 unspecified atom stereocenters. The molecule has 0 bridgehead atoms. The second kappa shape index (κ2) is 9.50. The summed E-state index contributed by atoms with van der Waals surface area (Å²) in [6.07, 6.45) is 0. The molecule has 4 rings (SSSR count). The SMILES string of the molecule is Cl.O=C(c1ccccc1)c1cccc(NC(=O)C2CNCC2c2ccccc2)c1. The summed E-state index contributed by atoms with van der Waals surface area (Å²) < 4.78 is 0. The van der Waals surface area contributed by atoms with Gasteiger partial charge in [0.05, 0.1) is 5.92 Å². The van der Waals surface area contributed by atoms with E-state index in [9.17, 15) is 9.59 Å². The Morgan fingerprint density at radius 3 is 2.17 bits per heavy atom. The molecule has 1 aliphatic heterocycles. The van der Waals surface area contributed by atoms with E-state index in [4.69, 9.17) is 0 Å². The first-order chi connectivity index (χ1) is 13.7. The lowest BCUT2D eigenvalue weighted by atomic mass is 9.88. The van der Waals surface area contributed by atoms with Crippen LogP contribution in [0.25, 0.3) is 0 Å². The molecule has 1 aliphatic rings. The number of benzene rings is 3. The Morgan fingerprint density at radius 2 is 1.45 bits per heavy atom. The lowest BCUT2D eigenvalue weighted by molar-refractivity contribution is -0.119. The molecule has 2 N–H and O–H groups in total. The van der Waals surface area contributed by atoms with Gasteiger partial charge in [-0.2, -0.15) is 0 Å². The normalized spacial score (nSPS) is 17.9. The van der Waals surface area contributed by atoms with Gasteiger partial charge in [-0.25, -0.2) is 0 Å². The lowest BCUT2D eigenvalue weighted by Gasteiger charge is -2.18. The van der Waals surface area contributed by atoms with E-state index >= 15 is 0 Å². The number of anilines is 1. The number of hydrogen-bond donors (Lipinski definition) is 2. The molecule has 0 spiro atoms. The fourth-order valence-electron chi connectivity index (χ4n) is 3.73. The van der Waals surface area contributed by atoms with E-state index in [1.54, 1.807) is 30.3 Å². The molecule has 5 heteroatoms. The first-order valence-corrected chi connectivity index (χ1v) is 9.49. The van der Waals surface area contributed by atoms with Crippen LogP contribution >= 0.6 is 12.4 Å². The summed E-state index contributed by atoms with van der Waals surface area (Å²) in [6, 6.07) is 26.4. The van der Waals surface area contributed by atoms with Gasteiger partial charge in [-0.05, 0) is 17.7 Å². The predicted octanol–water partition coefficient (Wildman–Crippen LogP) is 4.28. The van der Waals surface area contributed by atoms with Crippen LogP contribution in [0.5, 0.6) is 0 Å². The summed E-state index contributed by atoms with van der Waals surface area (Å²) in [6.45, 7) is 1.43. The van der Waals surface area contributed by atoms with Crippen molar-refractivity contribution in [2.45, 2.75) is 5.92 Å². The molecule has 3 aromatic carbocycles. The maximum atomic E-state index is 12.9. The third-order valence-electron chi connectivity index (χ3n) is 5.21. The van der Waals surface area contributed by atoms with Gasteiger partial charge in [-0.1, -0.05) is 72.8 Å². The van der Waals surface area contributed by atoms with Crippen molar-refractivity contribution in [2.75, 3.05) is 18.4 Å². The second-order valence-corrected chi connectivity index (χ2v) is 7.05. The lowest BCUT2D eigenvalue weighted by Crippen LogP contribution is -2.28. The van der Waals surface area contributed by atoms with Gasteiger partial charge in [0.1, 0.15) is 0 Å². The van der Waals surface area contributed by atoms with E-state index in [0.29, 0.717) is 23.4 Å². The van der Waals surface area contributed by atoms with Crippen molar-refractivity contribution in [1.29, 1.82) is 0 Å². The molecule has 0 saturated carbocycles. The molecule has 2 atom stereocenters. The summed E-state index contributed by atoms with van der Waals surface area (Å²) in [5, 5.41) is 6.32. The van der Waals surface area contributed by atoms with Crippen LogP contribution in [0.2, 0.25) is 0 Å². The molecular weight excluding hydrogens is 384 g/mol. The first kappa shape index (κ1) is 20.8. The fourth-order valence-corrected chi connectivity index (χ4v) is 3.73. The van der Waals surface area contributed by atoms with E-state index in [-0.39, 0.29) is 35.9 Å². The quantitative estimate of drug-likeness (QED) is 0.622. The molecule has 1 amide bonds. The standard InChI is InChI=1S/C24H22N2O2.ClH/c27-23(18-10-5-2-6-11-18)19-12-7-13-20(14-19)26-24(28)22-16-25-15-21(22)17-8-3-1-4-9-17;/h1-14,21-22,25H,15-16H2,(H,26,28);1H. The highest BCUT2D eigenvalue weighted by Gasteiger charge is 2.33. The smallest absolute Gasteiger partial charge is 0.229 e. The van der Waals surface area contributed by atoms with Gasteiger partial charge < -0.3 is 10.6 Å². The number of rotatable bonds is 5. The van der Waals surface area contributed by atoms with Crippen LogP contribution in [0, 0.1) is 5.92 Å². The highest BCUT2D eigenvalue weighted by Crippen LogP contribution is 2.29. The van der Waals surface area contributed by atoms with Gasteiger partial charge in [0.2, 0.25) is 5.91 Å². The summed E-state index contributed by atoms with van der Waals surface area (Å²) in [5.74, 6) is -0.0734. The maximum absolute atomic E-state index is 12.9. The van der Waals surface area contributed by atoms with Gasteiger partial charge >= 0.3 is 0 Å². The highest BCUT2D eigenvalue weighted by atomic mass is 35.5. The molecular formula is C24H23ClN2O2. The van der Waals surface area contributed by atoms with Crippen LogP contribution < -0.4 is 10.6 Å². The Kier molecular flexibility index (Phi) is 6.81. The van der Waals surface area contributed by atoms with Gasteiger partial charge in [0.25, 0.3) is 0 Å². The molecule has 0 radical (unpaired) electrons. The minimum Gasteiger partial charge on any atom is -0.326 e. The summed E-state index contributed by atoms with van der Waals surface area (Å²) in [7, 11) is 0. The maximum Gasteiger partial charge on any atom is 0.229 e. The van der Waals surface area contributed by atoms with E-state index < -0.39 is 0 Å². The molecule has 0 aliphatic carbocycles.